The maximum Gasteiger partial charge on any atom is 0.330 e. The highest BCUT2D eigenvalue weighted by Crippen LogP contribution is 1.96. The van der Waals surface area contributed by atoms with Gasteiger partial charge in [-0.05, 0) is 5.92 Å². The summed E-state index contributed by atoms with van der Waals surface area (Å²) in [6.45, 7) is 3.55. The van der Waals surface area contributed by atoms with Crippen molar-refractivity contribution < 1.29 is 9.90 Å². The molecule has 0 saturated heterocycles. The van der Waals surface area contributed by atoms with Crippen LogP contribution in [-0.2, 0) is 4.79 Å². The van der Waals surface area contributed by atoms with Crippen LogP contribution in [0.2, 0.25) is 0 Å². The molecule has 8 nitrogen and oxygen atoms in total. The van der Waals surface area contributed by atoms with E-state index in [2.05, 4.69) is 5.21 Å². The maximum atomic E-state index is 10.0. The first-order chi connectivity index (χ1) is 6.86. The highest BCUT2D eigenvalue weighted by molar-refractivity contribution is 5.73. The molecule has 0 aliphatic heterocycles. The summed E-state index contributed by atoms with van der Waals surface area (Å²) in [7, 11) is 0. The number of hydrogen-bond acceptors (Lipinski definition) is 4. The van der Waals surface area contributed by atoms with E-state index in [9.17, 15) is 14.4 Å². The third kappa shape index (κ3) is 4.81. The van der Waals surface area contributed by atoms with Crippen LogP contribution in [0.4, 0.5) is 0 Å². The third-order valence-electron chi connectivity index (χ3n) is 1.56. The van der Waals surface area contributed by atoms with Crippen LogP contribution in [0.3, 0.4) is 0 Å². The summed E-state index contributed by atoms with van der Waals surface area (Å²) in [5, 5.41) is 14.4. The monoisotopic (exact) mass is 218 g/mol. The molecule has 0 radical (unpaired) electrons. The van der Waals surface area contributed by atoms with Crippen molar-refractivity contribution in [3.63, 3.8) is 0 Å². The molecule has 0 aliphatic rings. The highest BCUT2D eigenvalue weighted by Gasteiger charge is 2.14. The van der Waals surface area contributed by atoms with Crippen LogP contribution in [-0.4, -0.2) is 32.5 Å². The Hall–Kier alpha value is -1.83. The fraction of sp³-hybridized carbons (Fsp3) is 0.571. The molecular weight excluding hydrogens is 204 g/mol. The lowest BCUT2D eigenvalue weighted by atomic mass is 10.1. The number of carboxylic acid groups (broad SMARTS) is 1. The molecule has 0 unspecified atom stereocenters. The molecule has 15 heavy (non-hydrogen) atoms. The van der Waals surface area contributed by atoms with Gasteiger partial charge < -0.3 is 10.8 Å². The Kier molecular flexibility index (Phi) is 5.10. The fourth-order valence-corrected chi connectivity index (χ4v) is 0.543. The normalized spacial score (nSPS) is 11.7. The van der Waals surface area contributed by atoms with Crippen LogP contribution in [0.25, 0.3) is 0 Å². The number of rotatable bonds is 2. The van der Waals surface area contributed by atoms with Gasteiger partial charge in [-0.2, -0.15) is 0 Å². The van der Waals surface area contributed by atoms with Gasteiger partial charge in [-0.15, -0.1) is 0 Å². The molecule has 8 heteroatoms. The van der Waals surface area contributed by atoms with E-state index in [1.807, 2.05) is 10.2 Å². The van der Waals surface area contributed by atoms with Crippen LogP contribution >= 0.6 is 0 Å². The van der Waals surface area contributed by atoms with Crippen LogP contribution in [0.1, 0.15) is 13.8 Å². The van der Waals surface area contributed by atoms with E-state index in [0.717, 1.165) is 0 Å². The Balaban J connectivity index is 0.000000262. The van der Waals surface area contributed by atoms with Crippen LogP contribution in [0.5, 0.6) is 0 Å². The lowest BCUT2D eigenvalue weighted by Gasteiger charge is -2.07. The van der Waals surface area contributed by atoms with E-state index in [1.165, 1.54) is 0 Å². The Labute approximate surface area is 84.5 Å². The summed E-state index contributed by atoms with van der Waals surface area (Å²) in [6.07, 6.45) is 0. The number of aromatic nitrogens is 3. The minimum atomic E-state index is -0.931. The van der Waals surface area contributed by atoms with E-state index >= 15 is 0 Å². The van der Waals surface area contributed by atoms with Crippen molar-refractivity contribution >= 4 is 5.97 Å². The molecule has 0 spiro atoms. The van der Waals surface area contributed by atoms with E-state index in [-0.39, 0.29) is 5.92 Å². The van der Waals surface area contributed by atoms with E-state index in [4.69, 9.17) is 10.8 Å². The molecule has 6 N–H and O–H groups in total. The molecule has 1 aromatic heterocycles. The average molecular weight is 218 g/mol. The second-order valence-electron chi connectivity index (χ2n) is 3.14. The predicted octanol–water partition coefficient (Wildman–Crippen LogP) is -1.55. The second kappa shape index (κ2) is 5.81. The quantitative estimate of drug-likeness (QED) is 0.381. The molecule has 0 aliphatic carbocycles. The topological polar surface area (TPSA) is 145 Å². The zero-order valence-corrected chi connectivity index (χ0v) is 8.40. The number of carbonyl (C=O) groups is 1. The first-order valence-electron chi connectivity index (χ1n) is 4.20. The molecule has 1 rings (SSSR count). The largest absolute Gasteiger partial charge is 0.480 e. The summed E-state index contributed by atoms with van der Waals surface area (Å²) in [5.41, 5.74) is 3.85. The molecule has 0 aromatic carbocycles. The second-order valence-corrected chi connectivity index (χ2v) is 3.14. The molecular formula is C7H14N4O4. The zero-order chi connectivity index (χ0) is 12.0. The number of nitrogens with two attached hydrogens (primary N) is 1. The number of aromatic amines is 3. The van der Waals surface area contributed by atoms with Crippen molar-refractivity contribution in [3.8, 4) is 0 Å². The van der Waals surface area contributed by atoms with Crippen molar-refractivity contribution in [2.24, 2.45) is 11.7 Å². The van der Waals surface area contributed by atoms with E-state index in [1.54, 1.807) is 13.8 Å². The maximum absolute atomic E-state index is 10.0. The van der Waals surface area contributed by atoms with Crippen molar-refractivity contribution in [2.75, 3.05) is 0 Å². The molecule has 0 saturated carbocycles. The summed E-state index contributed by atoms with van der Waals surface area (Å²) in [5.74, 6) is -0.910. The van der Waals surface area contributed by atoms with Gasteiger partial charge in [0, 0.05) is 0 Å². The standard InChI is InChI=1S/C5H11NO2.C2H3N3O2/c1-3(2)4(6)5(7)8;6-1-2(7)4-5-3-1/h3-4H,6H2,1-2H3,(H,7,8);(H3,3,4,5,6,7)/t4-;/m0./s1. The van der Waals surface area contributed by atoms with Crippen molar-refractivity contribution in [2.45, 2.75) is 19.9 Å². The Morgan fingerprint density at radius 3 is 1.73 bits per heavy atom. The zero-order valence-electron chi connectivity index (χ0n) is 8.40. The highest BCUT2D eigenvalue weighted by atomic mass is 16.4. The van der Waals surface area contributed by atoms with Crippen molar-refractivity contribution in [1.29, 1.82) is 0 Å². The summed E-state index contributed by atoms with van der Waals surface area (Å²) < 4.78 is 0. The molecule has 1 atom stereocenters. The number of carboxylic acids is 1. The molecule has 86 valence electrons. The fourth-order valence-electron chi connectivity index (χ4n) is 0.543. The first-order valence-corrected chi connectivity index (χ1v) is 4.20. The molecule has 1 heterocycles. The van der Waals surface area contributed by atoms with Gasteiger partial charge in [-0.25, -0.2) is 15.4 Å². The van der Waals surface area contributed by atoms with Gasteiger partial charge in [0.1, 0.15) is 6.04 Å². The van der Waals surface area contributed by atoms with Gasteiger partial charge in [0.2, 0.25) is 0 Å². The minimum absolute atomic E-state index is 0.0208. The third-order valence-corrected chi connectivity index (χ3v) is 1.56. The smallest absolute Gasteiger partial charge is 0.330 e. The van der Waals surface area contributed by atoms with E-state index < -0.39 is 23.1 Å². The molecule has 0 amide bonds. The molecule has 0 fully saturated rings. The van der Waals surface area contributed by atoms with Crippen molar-refractivity contribution in [1.82, 2.24) is 15.4 Å². The lowest BCUT2D eigenvalue weighted by Crippen LogP contribution is -2.34. The summed E-state index contributed by atoms with van der Waals surface area (Å²) in [6, 6.07) is -0.713. The number of H-pyrrole nitrogens is 3. The summed E-state index contributed by atoms with van der Waals surface area (Å²) in [4.78, 5) is 30.0. The molecule has 0 bridgehead atoms. The average Bonchev–Trinajstić information content (AvgIpc) is 2.50. The Bertz CT molecular complexity index is 377. The van der Waals surface area contributed by atoms with Gasteiger partial charge in [0.05, 0.1) is 0 Å². The molecule has 1 aromatic rings. The van der Waals surface area contributed by atoms with Gasteiger partial charge in [-0.3, -0.25) is 14.4 Å². The number of hydrogen-bond donors (Lipinski definition) is 5. The predicted molar refractivity (Wildman–Crippen MR) is 52.5 cm³/mol. The van der Waals surface area contributed by atoms with Gasteiger partial charge >= 0.3 is 17.1 Å². The van der Waals surface area contributed by atoms with Crippen LogP contribution in [0.15, 0.2) is 9.59 Å². The van der Waals surface area contributed by atoms with Crippen LogP contribution in [0, 0.1) is 5.92 Å². The Morgan fingerprint density at radius 2 is 1.67 bits per heavy atom. The van der Waals surface area contributed by atoms with Gasteiger partial charge in [-0.1, -0.05) is 13.8 Å². The first kappa shape index (κ1) is 13.2. The minimum Gasteiger partial charge on any atom is -0.480 e. The van der Waals surface area contributed by atoms with Gasteiger partial charge in [0.15, 0.2) is 0 Å². The summed E-state index contributed by atoms with van der Waals surface area (Å²) >= 11 is 0. The van der Waals surface area contributed by atoms with Crippen molar-refractivity contribution in [3.05, 3.63) is 20.7 Å². The van der Waals surface area contributed by atoms with Gasteiger partial charge in [0.25, 0.3) is 0 Å². The SMILES string of the molecule is CC(C)[C@H](N)C(=O)O.O=c1[nH][nH][nH]c1=O. The Morgan fingerprint density at radius 1 is 1.27 bits per heavy atom. The number of aliphatic carboxylic acids is 1. The lowest BCUT2D eigenvalue weighted by molar-refractivity contribution is -0.139. The van der Waals surface area contributed by atoms with E-state index in [0.29, 0.717) is 0 Å². The van der Waals surface area contributed by atoms with Crippen LogP contribution < -0.4 is 16.9 Å². The number of nitrogens with one attached hydrogen (secondary N) is 3.